The first-order valence-corrected chi connectivity index (χ1v) is 11.5. The molecule has 6 nitrogen and oxygen atoms in total. The lowest BCUT2D eigenvalue weighted by atomic mass is 9.75. The Kier molecular flexibility index (Phi) is 3.88. The molecule has 3 fully saturated rings. The topological polar surface area (TPSA) is 69.7 Å². The molecule has 1 spiro atoms. The van der Waals surface area contributed by atoms with Crippen molar-refractivity contribution in [3.8, 4) is 0 Å². The number of nitrogens with zero attached hydrogens (tertiary/aromatic N) is 2. The second-order valence-electron chi connectivity index (χ2n) is 9.14. The Labute approximate surface area is 188 Å². The Morgan fingerprint density at radius 3 is 2.55 bits per heavy atom. The van der Waals surface area contributed by atoms with Gasteiger partial charge in [-0.2, -0.15) is 0 Å². The van der Waals surface area contributed by atoms with Gasteiger partial charge < -0.3 is 5.32 Å². The van der Waals surface area contributed by atoms with E-state index in [2.05, 4.69) is 26.1 Å². The molecule has 31 heavy (non-hydrogen) atoms. The van der Waals surface area contributed by atoms with E-state index in [9.17, 15) is 14.4 Å². The van der Waals surface area contributed by atoms with Crippen LogP contribution in [-0.2, 0) is 19.9 Å². The molecule has 0 radical (unpaired) electrons. The van der Waals surface area contributed by atoms with Gasteiger partial charge in [0.1, 0.15) is 5.54 Å². The summed E-state index contributed by atoms with van der Waals surface area (Å²) in [6.07, 6.45) is 1.74. The molecule has 2 aromatic carbocycles. The molecule has 1 N–H and O–H groups in total. The normalized spacial score (nSPS) is 31.4. The molecule has 4 atom stereocenters. The molecule has 4 aliphatic heterocycles. The van der Waals surface area contributed by atoms with Gasteiger partial charge in [-0.3, -0.25) is 19.3 Å². The number of fused-ring (bicyclic) bond motifs is 7. The number of benzene rings is 2. The van der Waals surface area contributed by atoms with Crippen molar-refractivity contribution >= 4 is 45.0 Å². The molecule has 7 heteroatoms. The molecule has 4 aliphatic rings. The van der Waals surface area contributed by atoms with E-state index in [-0.39, 0.29) is 23.8 Å². The number of carbonyl (C=O) groups is 3. The fourth-order valence-corrected chi connectivity index (χ4v) is 7.02. The van der Waals surface area contributed by atoms with Gasteiger partial charge >= 0.3 is 0 Å². The highest BCUT2D eigenvalue weighted by molar-refractivity contribution is 9.10. The van der Waals surface area contributed by atoms with Crippen molar-refractivity contribution in [2.75, 3.05) is 16.8 Å². The highest BCUT2D eigenvalue weighted by Gasteiger charge is 2.74. The van der Waals surface area contributed by atoms with E-state index in [0.29, 0.717) is 16.7 Å². The van der Waals surface area contributed by atoms with Crippen LogP contribution in [0.1, 0.15) is 29.5 Å². The lowest BCUT2D eigenvalue weighted by Gasteiger charge is -2.36. The van der Waals surface area contributed by atoms with E-state index in [1.807, 2.05) is 50.2 Å². The molecule has 0 unspecified atom stereocenters. The number of hydrogen-bond donors (Lipinski definition) is 1. The number of carbonyl (C=O) groups excluding carboxylic acids is 3. The van der Waals surface area contributed by atoms with Crippen molar-refractivity contribution in [2.45, 2.75) is 38.3 Å². The Balaban J connectivity index is 1.57. The number of aryl methyl sites for hydroxylation is 2. The third-order valence-electron chi connectivity index (χ3n) is 7.49. The molecule has 0 aromatic heterocycles. The number of imide groups is 1. The van der Waals surface area contributed by atoms with E-state index in [4.69, 9.17) is 0 Å². The Morgan fingerprint density at radius 2 is 1.77 bits per heavy atom. The van der Waals surface area contributed by atoms with Gasteiger partial charge in [-0.15, -0.1) is 0 Å². The van der Waals surface area contributed by atoms with Crippen molar-refractivity contribution in [3.05, 3.63) is 57.6 Å². The van der Waals surface area contributed by atoms with Crippen LogP contribution in [0.5, 0.6) is 0 Å². The summed E-state index contributed by atoms with van der Waals surface area (Å²) < 4.78 is 0.707. The summed E-state index contributed by atoms with van der Waals surface area (Å²) in [4.78, 5) is 44.8. The number of amides is 3. The van der Waals surface area contributed by atoms with Gasteiger partial charge in [-0.25, -0.2) is 4.90 Å². The standard InChI is InChI=1S/C24H22BrN3O3/c1-12-5-7-16-14(10-12)24(23(31)26-16)20-19(18-4-3-9-27(18)24)21(29)28(22(20)30)17-8-6-13(2)11-15(17)25/h5-8,10-11,18-20H,3-4,9H2,1-2H3,(H,26,31)/t18-,19-,20+,24-/m1/s1. The van der Waals surface area contributed by atoms with Crippen molar-refractivity contribution in [3.63, 3.8) is 0 Å². The summed E-state index contributed by atoms with van der Waals surface area (Å²) >= 11 is 3.53. The van der Waals surface area contributed by atoms with Crippen LogP contribution in [0.3, 0.4) is 0 Å². The van der Waals surface area contributed by atoms with E-state index in [1.165, 1.54) is 4.90 Å². The number of nitrogens with one attached hydrogen (secondary N) is 1. The zero-order chi connectivity index (χ0) is 21.7. The van der Waals surface area contributed by atoms with Gasteiger partial charge in [0.05, 0.1) is 17.5 Å². The average Bonchev–Trinajstić information content (AvgIpc) is 3.42. The smallest absolute Gasteiger partial charge is 0.250 e. The number of anilines is 2. The summed E-state index contributed by atoms with van der Waals surface area (Å²) in [5.41, 5.74) is 3.08. The minimum atomic E-state index is -1.12. The van der Waals surface area contributed by atoms with Crippen LogP contribution in [0.4, 0.5) is 11.4 Å². The molecule has 4 heterocycles. The molecule has 3 saturated heterocycles. The van der Waals surface area contributed by atoms with Gasteiger partial charge in [-0.1, -0.05) is 23.8 Å². The number of rotatable bonds is 1. The average molecular weight is 480 g/mol. The quantitative estimate of drug-likeness (QED) is 0.635. The zero-order valence-corrected chi connectivity index (χ0v) is 18.9. The van der Waals surface area contributed by atoms with Crippen LogP contribution >= 0.6 is 15.9 Å². The van der Waals surface area contributed by atoms with Crippen molar-refractivity contribution in [1.29, 1.82) is 0 Å². The minimum absolute atomic E-state index is 0.104. The predicted molar refractivity (Wildman–Crippen MR) is 120 cm³/mol. The van der Waals surface area contributed by atoms with Crippen LogP contribution in [-0.4, -0.2) is 35.2 Å². The van der Waals surface area contributed by atoms with Crippen LogP contribution in [0.25, 0.3) is 0 Å². The predicted octanol–water partition coefficient (Wildman–Crippen LogP) is 3.50. The summed E-state index contributed by atoms with van der Waals surface area (Å²) in [7, 11) is 0. The number of halogens is 1. The van der Waals surface area contributed by atoms with Gasteiger partial charge in [0.2, 0.25) is 17.7 Å². The highest BCUT2D eigenvalue weighted by atomic mass is 79.9. The van der Waals surface area contributed by atoms with E-state index < -0.39 is 17.4 Å². The Morgan fingerprint density at radius 1 is 1.03 bits per heavy atom. The summed E-state index contributed by atoms with van der Waals surface area (Å²) in [5, 5.41) is 3.02. The largest absolute Gasteiger partial charge is 0.324 e. The molecule has 6 rings (SSSR count). The maximum absolute atomic E-state index is 13.9. The molecular weight excluding hydrogens is 458 g/mol. The van der Waals surface area contributed by atoms with Gasteiger partial charge in [0.25, 0.3) is 0 Å². The van der Waals surface area contributed by atoms with Crippen molar-refractivity contribution < 1.29 is 14.4 Å². The van der Waals surface area contributed by atoms with Crippen molar-refractivity contribution in [2.24, 2.45) is 11.8 Å². The zero-order valence-electron chi connectivity index (χ0n) is 17.3. The van der Waals surface area contributed by atoms with E-state index in [0.717, 1.165) is 35.2 Å². The molecule has 0 saturated carbocycles. The third-order valence-corrected chi connectivity index (χ3v) is 8.13. The highest BCUT2D eigenvalue weighted by Crippen LogP contribution is 2.61. The summed E-state index contributed by atoms with van der Waals surface area (Å²) in [6.45, 7) is 4.67. The first kappa shape index (κ1) is 19.2. The Bertz CT molecular complexity index is 1190. The van der Waals surface area contributed by atoms with Gasteiger partial charge in [0, 0.05) is 21.8 Å². The molecular formula is C24H22BrN3O3. The molecule has 0 aliphatic carbocycles. The van der Waals surface area contributed by atoms with Crippen LogP contribution in [0.15, 0.2) is 40.9 Å². The van der Waals surface area contributed by atoms with Gasteiger partial charge in [0.15, 0.2) is 0 Å². The van der Waals surface area contributed by atoms with Gasteiger partial charge in [-0.05, 0) is 72.9 Å². The lowest BCUT2D eigenvalue weighted by Crippen LogP contribution is -2.54. The van der Waals surface area contributed by atoms with E-state index >= 15 is 0 Å². The van der Waals surface area contributed by atoms with Crippen molar-refractivity contribution in [1.82, 2.24) is 4.90 Å². The maximum Gasteiger partial charge on any atom is 0.250 e. The third kappa shape index (κ3) is 2.23. The molecule has 3 amide bonds. The second kappa shape index (κ2) is 6.26. The molecule has 158 valence electrons. The summed E-state index contributed by atoms with van der Waals surface area (Å²) in [5.74, 6) is -1.89. The minimum Gasteiger partial charge on any atom is -0.324 e. The number of hydrogen-bond acceptors (Lipinski definition) is 4. The molecule has 0 bridgehead atoms. The SMILES string of the molecule is Cc1ccc(N2C(=O)[C@@H]3[C@H]4CCCN4[C@@]4(C(=O)Nc5ccc(C)cc54)[C@@H]3C2=O)c(Br)c1. The monoisotopic (exact) mass is 479 g/mol. The van der Waals surface area contributed by atoms with Crippen LogP contribution in [0.2, 0.25) is 0 Å². The second-order valence-corrected chi connectivity index (χ2v) is 10.00. The summed E-state index contributed by atoms with van der Waals surface area (Å²) in [6, 6.07) is 11.4. The molecule has 2 aromatic rings. The fourth-order valence-electron chi connectivity index (χ4n) is 6.35. The first-order chi connectivity index (χ1) is 14.9. The fraction of sp³-hybridized carbons (Fsp3) is 0.375. The van der Waals surface area contributed by atoms with Crippen LogP contribution in [0, 0.1) is 25.7 Å². The lowest BCUT2D eigenvalue weighted by molar-refractivity contribution is -0.135. The maximum atomic E-state index is 13.9. The first-order valence-electron chi connectivity index (χ1n) is 10.7. The van der Waals surface area contributed by atoms with Crippen LogP contribution < -0.4 is 10.2 Å². The van der Waals surface area contributed by atoms with E-state index in [1.54, 1.807) is 0 Å². The Hall–Kier alpha value is -2.51.